The van der Waals surface area contributed by atoms with E-state index in [2.05, 4.69) is 6.07 Å². The van der Waals surface area contributed by atoms with Gasteiger partial charge in [0, 0.05) is 24.2 Å². The van der Waals surface area contributed by atoms with Crippen LogP contribution in [-0.4, -0.2) is 40.2 Å². The van der Waals surface area contributed by atoms with Crippen LogP contribution in [0.2, 0.25) is 0 Å². The predicted octanol–water partition coefficient (Wildman–Crippen LogP) is 4.56. The van der Waals surface area contributed by atoms with E-state index in [0.29, 0.717) is 36.0 Å². The number of rotatable bonds is 7. The molecule has 6 nitrogen and oxygen atoms in total. The van der Waals surface area contributed by atoms with Crippen molar-refractivity contribution < 1.29 is 28.5 Å². The monoisotopic (exact) mass is 444 g/mol. The van der Waals surface area contributed by atoms with Gasteiger partial charge in [0.15, 0.2) is 11.5 Å². The third-order valence-electron chi connectivity index (χ3n) is 5.94. The highest BCUT2D eigenvalue weighted by atomic mass is 16.7. The van der Waals surface area contributed by atoms with Crippen LogP contribution in [-0.2, 0) is 14.3 Å². The van der Waals surface area contributed by atoms with E-state index >= 15 is 0 Å². The van der Waals surface area contributed by atoms with Crippen molar-refractivity contribution in [2.24, 2.45) is 0 Å². The lowest BCUT2D eigenvalue weighted by Gasteiger charge is -2.17. The molecule has 1 atom stereocenters. The van der Waals surface area contributed by atoms with Crippen molar-refractivity contribution in [3.63, 3.8) is 0 Å². The van der Waals surface area contributed by atoms with Gasteiger partial charge in [0.05, 0.1) is 19.3 Å². The number of ether oxygens (including phenoxy) is 5. The first-order valence-electron chi connectivity index (χ1n) is 10.8. The van der Waals surface area contributed by atoms with Gasteiger partial charge in [0.25, 0.3) is 0 Å². The molecule has 1 aliphatic carbocycles. The minimum absolute atomic E-state index is 0.192. The normalized spacial score (nSPS) is 16.0. The van der Waals surface area contributed by atoms with Crippen molar-refractivity contribution in [3.05, 3.63) is 94.6 Å². The van der Waals surface area contributed by atoms with Gasteiger partial charge in [-0.2, -0.15) is 0 Å². The maximum absolute atomic E-state index is 13.3. The van der Waals surface area contributed by atoms with Crippen LogP contribution in [0.15, 0.2) is 72.3 Å². The van der Waals surface area contributed by atoms with Crippen LogP contribution in [0.5, 0.6) is 17.2 Å². The highest BCUT2D eigenvalue weighted by molar-refractivity contribution is 6.08. The Morgan fingerprint density at radius 3 is 2.48 bits per heavy atom. The van der Waals surface area contributed by atoms with E-state index in [1.807, 2.05) is 60.7 Å². The molecule has 0 spiro atoms. The molecule has 1 heterocycles. The number of methoxy groups -OCH3 is 2. The molecule has 1 aliphatic heterocycles. The van der Waals surface area contributed by atoms with Gasteiger partial charge in [-0.25, -0.2) is 4.79 Å². The summed E-state index contributed by atoms with van der Waals surface area (Å²) in [4.78, 5) is 13.3. The Kier molecular flexibility index (Phi) is 5.75. The van der Waals surface area contributed by atoms with E-state index in [4.69, 9.17) is 23.7 Å². The van der Waals surface area contributed by atoms with Crippen molar-refractivity contribution >= 4 is 11.5 Å². The molecule has 0 fully saturated rings. The van der Waals surface area contributed by atoms with Crippen LogP contribution >= 0.6 is 0 Å². The number of esters is 1. The zero-order chi connectivity index (χ0) is 22.8. The maximum Gasteiger partial charge on any atom is 0.335 e. The van der Waals surface area contributed by atoms with Crippen molar-refractivity contribution in [2.45, 2.75) is 5.92 Å². The van der Waals surface area contributed by atoms with Crippen LogP contribution < -0.4 is 14.2 Å². The molecule has 0 bridgehead atoms. The molecule has 3 aromatic rings. The van der Waals surface area contributed by atoms with Gasteiger partial charge in [-0.15, -0.1) is 0 Å². The number of benzene rings is 3. The molecule has 6 heteroatoms. The molecular weight excluding hydrogens is 420 g/mol. The Morgan fingerprint density at radius 2 is 1.67 bits per heavy atom. The van der Waals surface area contributed by atoms with Gasteiger partial charge in [0.1, 0.15) is 12.4 Å². The highest BCUT2D eigenvalue weighted by Crippen LogP contribution is 2.51. The van der Waals surface area contributed by atoms with Crippen molar-refractivity contribution in [3.8, 4) is 17.2 Å². The van der Waals surface area contributed by atoms with E-state index in [9.17, 15) is 4.79 Å². The molecule has 3 aromatic carbocycles. The fraction of sp³-hybridized carbons (Fsp3) is 0.222. The summed E-state index contributed by atoms with van der Waals surface area (Å²) in [6.07, 6.45) is 0. The fourth-order valence-corrected chi connectivity index (χ4v) is 4.51. The third-order valence-corrected chi connectivity index (χ3v) is 5.94. The molecule has 168 valence electrons. The van der Waals surface area contributed by atoms with Gasteiger partial charge in [0.2, 0.25) is 6.79 Å². The molecule has 0 aromatic heterocycles. The zero-order valence-corrected chi connectivity index (χ0v) is 18.5. The number of hydrogen-bond acceptors (Lipinski definition) is 6. The Balaban J connectivity index is 1.71. The Bertz CT molecular complexity index is 1230. The van der Waals surface area contributed by atoms with Crippen LogP contribution in [0.25, 0.3) is 5.57 Å². The average molecular weight is 444 g/mol. The minimum atomic E-state index is -0.379. The van der Waals surface area contributed by atoms with Gasteiger partial charge in [-0.1, -0.05) is 48.5 Å². The summed E-state index contributed by atoms with van der Waals surface area (Å²) < 4.78 is 27.5. The van der Waals surface area contributed by atoms with Crippen molar-refractivity contribution in [1.29, 1.82) is 0 Å². The van der Waals surface area contributed by atoms with Gasteiger partial charge in [-0.05, 0) is 34.9 Å². The molecule has 0 saturated heterocycles. The molecule has 2 aliphatic rings. The maximum atomic E-state index is 13.3. The first-order valence-corrected chi connectivity index (χ1v) is 10.8. The van der Waals surface area contributed by atoms with Crippen LogP contribution in [0.1, 0.15) is 28.2 Å². The smallest absolute Gasteiger partial charge is 0.335 e. The van der Waals surface area contributed by atoms with Crippen LogP contribution in [0.4, 0.5) is 0 Å². The van der Waals surface area contributed by atoms with Gasteiger partial charge < -0.3 is 23.7 Å². The number of fused-ring (bicyclic) bond motifs is 2. The fourth-order valence-electron chi connectivity index (χ4n) is 4.51. The largest absolute Gasteiger partial charge is 0.491 e. The summed E-state index contributed by atoms with van der Waals surface area (Å²) in [6.45, 7) is 1.06. The number of carbonyl (C=O) groups excluding carboxylic acids is 1. The van der Waals surface area contributed by atoms with E-state index in [0.717, 1.165) is 27.8 Å². The summed E-state index contributed by atoms with van der Waals surface area (Å²) in [5.74, 6) is 1.37. The highest BCUT2D eigenvalue weighted by Gasteiger charge is 2.38. The third kappa shape index (κ3) is 3.72. The zero-order valence-electron chi connectivity index (χ0n) is 18.5. The second-order valence-corrected chi connectivity index (χ2v) is 7.75. The van der Waals surface area contributed by atoms with E-state index in [1.54, 1.807) is 7.11 Å². The predicted molar refractivity (Wildman–Crippen MR) is 123 cm³/mol. The topological polar surface area (TPSA) is 63.2 Å². The number of hydrogen-bond donors (Lipinski definition) is 0. The summed E-state index contributed by atoms with van der Waals surface area (Å²) in [5.41, 5.74) is 5.15. The first-order chi connectivity index (χ1) is 16.2. The number of para-hydroxylation sites is 1. The van der Waals surface area contributed by atoms with E-state index in [-0.39, 0.29) is 18.7 Å². The second-order valence-electron chi connectivity index (χ2n) is 7.75. The lowest BCUT2D eigenvalue weighted by Crippen LogP contribution is -2.13. The van der Waals surface area contributed by atoms with Crippen LogP contribution in [0, 0.1) is 0 Å². The molecule has 0 N–H and O–H groups in total. The van der Waals surface area contributed by atoms with E-state index < -0.39 is 0 Å². The van der Waals surface area contributed by atoms with Gasteiger partial charge in [-0.3, -0.25) is 0 Å². The standard InChI is InChI=1S/C27H24O6/c1-29-13-14-31-21-10-6-5-9-20(21)25-19-8-4-3-7-18(19)24(26(25)27(28)30-2)17-11-12-22-23(15-17)33-16-32-22/h3-12,15,24H,13-14,16H2,1-2H3. The van der Waals surface area contributed by atoms with Crippen molar-refractivity contribution in [1.82, 2.24) is 0 Å². The molecule has 5 rings (SSSR count). The minimum Gasteiger partial charge on any atom is -0.491 e. The molecular formula is C27H24O6. The molecule has 1 unspecified atom stereocenters. The quantitative estimate of drug-likeness (QED) is 0.393. The molecule has 0 saturated carbocycles. The molecule has 0 amide bonds. The summed E-state index contributed by atoms with van der Waals surface area (Å²) in [5, 5.41) is 0. The summed E-state index contributed by atoms with van der Waals surface area (Å²) in [7, 11) is 3.05. The average Bonchev–Trinajstić information content (AvgIpc) is 3.46. The first kappa shape index (κ1) is 21.1. The Labute approximate surface area is 192 Å². The summed E-state index contributed by atoms with van der Waals surface area (Å²) in [6, 6.07) is 21.6. The molecule has 0 radical (unpaired) electrons. The Hall–Kier alpha value is -3.77. The summed E-state index contributed by atoms with van der Waals surface area (Å²) >= 11 is 0. The molecule has 33 heavy (non-hydrogen) atoms. The van der Waals surface area contributed by atoms with E-state index in [1.165, 1.54) is 7.11 Å². The Morgan fingerprint density at radius 1 is 0.909 bits per heavy atom. The van der Waals surface area contributed by atoms with Gasteiger partial charge >= 0.3 is 5.97 Å². The van der Waals surface area contributed by atoms with Crippen molar-refractivity contribution in [2.75, 3.05) is 34.2 Å². The number of carbonyl (C=O) groups is 1. The lowest BCUT2D eigenvalue weighted by molar-refractivity contribution is -0.136. The lowest BCUT2D eigenvalue weighted by atomic mass is 9.88. The van der Waals surface area contributed by atoms with Crippen LogP contribution in [0.3, 0.4) is 0 Å². The SMILES string of the molecule is COCCOc1ccccc1C1=C(C(=O)OC)C(c2ccc3c(c2)OCO3)c2ccccc21. The second kappa shape index (κ2) is 9.00.